The second-order valence-corrected chi connectivity index (χ2v) is 2.74. The first-order valence-corrected chi connectivity index (χ1v) is 3.82. The van der Waals surface area contributed by atoms with Gasteiger partial charge in [-0.3, -0.25) is 4.79 Å². The third-order valence-corrected chi connectivity index (χ3v) is 1.89. The molecule has 0 aliphatic heterocycles. The van der Waals surface area contributed by atoms with E-state index >= 15 is 0 Å². The van der Waals surface area contributed by atoms with Gasteiger partial charge in [-0.15, -0.1) is 0 Å². The molecule has 0 spiro atoms. The van der Waals surface area contributed by atoms with Crippen LogP contribution in [0.15, 0.2) is 12.3 Å². The third-order valence-electron chi connectivity index (χ3n) is 1.89. The van der Waals surface area contributed by atoms with Gasteiger partial charge in [-0.05, 0) is 26.0 Å². The Labute approximate surface area is 66.2 Å². The van der Waals surface area contributed by atoms with Crippen molar-refractivity contribution < 1.29 is 9.53 Å². The second kappa shape index (κ2) is 2.95. The molecule has 1 aliphatic carbocycles. The molecule has 0 heterocycles. The Morgan fingerprint density at radius 2 is 2.36 bits per heavy atom. The first-order valence-electron chi connectivity index (χ1n) is 3.82. The summed E-state index contributed by atoms with van der Waals surface area (Å²) in [4.78, 5) is 11.2. The van der Waals surface area contributed by atoms with Gasteiger partial charge >= 0.3 is 5.97 Å². The van der Waals surface area contributed by atoms with E-state index in [2.05, 4.69) is 0 Å². The third kappa shape index (κ3) is 1.53. The number of ether oxygens (including phenoxy) is 1. The van der Waals surface area contributed by atoms with E-state index in [-0.39, 0.29) is 11.4 Å². The summed E-state index contributed by atoms with van der Waals surface area (Å²) in [5, 5.41) is 0. The van der Waals surface area contributed by atoms with Gasteiger partial charge in [-0.25, -0.2) is 0 Å². The van der Waals surface area contributed by atoms with Crippen LogP contribution in [0.25, 0.3) is 0 Å². The SMILES string of the molecule is CCOC(=O)C1(C=CN)CC1. The fourth-order valence-corrected chi connectivity index (χ4v) is 1.03. The Morgan fingerprint density at radius 3 is 2.73 bits per heavy atom. The number of nitrogens with two attached hydrogens (primary N) is 1. The minimum Gasteiger partial charge on any atom is -0.465 e. The van der Waals surface area contributed by atoms with Gasteiger partial charge in [0.2, 0.25) is 0 Å². The van der Waals surface area contributed by atoms with Crippen LogP contribution >= 0.6 is 0 Å². The topological polar surface area (TPSA) is 52.3 Å². The maximum absolute atomic E-state index is 11.2. The zero-order valence-electron chi connectivity index (χ0n) is 6.67. The normalized spacial score (nSPS) is 20.1. The highest BCUT2D eigenvalue weighted by Crippen LogP contribution is 2.47. The number of hydrogen-bond acceptors (Lipinski definition) is 3. The lowest BCUT2D eigenvalue weighted by Crippen LogP contribution is -2.16. The van der Waals surface area contributed by atoms with E-state index in [0.29, 0.717) is 6.61 Å². The van der Waals surface area contributed by atoms with E-state index in [1.165, 1.54) is 6.20 Å². The van der Waals surface area contributed by atoms with Crippen LogP contribution in [-0.4, -0.2) is 12.6 Å². The van der Waals surface area contributed by atoms with Gasteiger partial charge in [0.1, 0.15) is 0 Å². The molecule has 1 aliphatic rings. The molecule has 3 heteroatoms. The maximum Gasteiger partial charge on any atom is 0.315 e. The van der Waals surface area contributed by atoms with Crippen molar-refractivity contribution in [3.63, 3.8) is 0 Å². The number of rotatable bonds is 3. The molecule has 0 aromatic heterocycles. The van der Waals surface area contributed by atoms with Crippen molar-refractivity contribution in [2.24, 2.45) is 11.1 Å². The lowest BCUT2D eigenvalue weighted by atomic mass is 10.1. The molecular formula is C8H13NO2. The van der Waals surface area contributed by atoms with Crippen molar-refractivity contribution >= 4 is 5.97 Å². The molecular weight excluding hydrogens is 142 g/mol. The van der Waals surface area contributed by atoms with Gasteiger partial charge in [0.25, 0.3) is 0 Å². The van der Waals surface area contributed by atoms with Gasteiger partial charge in [-0.1, -0.05) is 6.08 Å². The predicted octanol–water partition coefficient (Wildman–Crippen LogP) is 0.802. The summed E-state index contributed by atoms with van der Waals surface area (Å²) in [7, 11) is 0. The molecule has 1 fully saturated rings. The zero-order valence-corrected chi connectivity index (χ0v) is 6.67. The van der Waals surface area contributed by atoms with Crippen LogP contribution < -0.4 is 5.73 Å². The Balaban J connectivity index is 2.51. The number of carbonyl (C=O) groups is 1. The van der Waals surface area contributed by atoms with Gasteiger partial charge in [-0.2, -0.15) is 0 Å². The van der Waals surface area contributed by atoms with Crippen LogP contribution in [0.2, 0.25) is 0 Å². The predicted molar refractivity (Wildman–Crippen MR) is 41.6 cm³/mol. The highest BCUT2D eigenvalue weighted by Gasteiger charge is 2.48. The first kappa shape index (κ1) is 8.11. The monoisotopic (exact) mass is 155 g/mol. The summed E-state index contributed by atoms with van der Waals surface area (Å²) < 4.78 is 4.88. The van der Waals surface area contributed by atoms with Crippen molar-refractivity contribution in [2.45, 2.75) is 19.8 Å². The molecule has 0 aromatic rings. The average molecular weight is 155 g/mol. The first-order chi connectivity index (χ1) is 5.25. The molecule has 0 aromatic carbocycles. The Kier molecular flexibility index (Phi) is 2.17. The summed E-state index contributed by atoms with van der Waals surface area (Å²) >= 11 is 0. The fraction of sp³-hybridized carbons (Fsp3) is 0.625. The summed E-state index contributed by atoms with van der Waals surface area (Å²) in [5.74, 6) is -0.137. The molecule has 0 saturated heterocycles. The van der Waals surface area contributed by atoms with E-state index in [1.54, 1.807) is 13.0 Å². The number of esters is 1. The Bertz CT molecular complexity index is 183. The summed E-state index contributed by atoms with van der Waals surface area (Å²) in [6, 6.07) is 0. The number of hydrogen-bond donors (Lipinski definition) is 1. The van der Waals surface area contributed by atoms with Crippen molar-refractivity contribution in [3.8, 4) is 0 Å². The van der Waals surface area contributed by atoms with Crippen LogP contribution in [0.1, 0.15) is 19.8 Å². The molecule has 0 atom stereocenters. The molecule has 3 nitrogen and oxygen atoms in total. The van der Waals surface area contributed by atoms with E-state index < -0.39 is 0 Å². The standard InChI is InChI=1S/C8H13NO2/c1-2-11-7(10)8(3-4-8)5-6-9/h5-6H,2-4,9H2,1H3. The molecule has 2 N–H and O–H groups in total. The van der Waals surface area contributed by atoms with Gasteiger partial charge in [0, 0.05) is 0 Å². The molecule has 0 amide bonds. The molecule has 0 unspecified atom stereocenters. The smallest absolute Gasteiger partial charge is 0.315 e. The lowest BCUT2D eigenvalue weighted by molar-refractivity contribution is -0.147. The van der Waals surface area contributed by atoms with Crippen molar-refractivity contribution in [1.82, 2.24) is 0 Å². The van der Waals surface area contributed by atoms with Crippen molar-refractivity contribution in [3.05, 3.63) is 12.3 Å². The Hall–Kier alpha value is -0.990. The minimum atomic E-state index is -0.356. The molecule has 1 rings (SSSR count). The summed E-state index contributed by atoms with van der Waals surface area (Å²) in [6.45, 7) is 2.25. The Morgan fingerprint density at radius 1 is 1.73 bits per heavy atom. The van der Waals surface area contributed by atoms with E-state index in [9.17, 15) is 4.79 Å². The van der Waals surface area contributed by atoms with Gasteiger partial charge in [0.15, 0.2) is 0 Å². The van der Waals surface area contributed by atoms with Crippen LogP contribution in [-0.2, 0) is 9.53 Å². The molecule has 0 bridgehead atoms. The molecule has 0 radical (unpaired) electrons. The quantitative estimate of drug-likeness (QED) is 0.613. The minimum absolute atomic E-state index is 0.137. The van der Waals surface area contributed by atoms with Crippen molar-refractivity contribution in [2.75, 3.05) is 6.61 Å². The highest BCUT2D eigenvalue weighted by atomic mass is 16.5. The van der Waals surface area contributed by atoms with Crippen LogP contribution in [0.5, 0.6) is 0 Å². The molecule has 62 valence electrons. The van der Waals surface area contributed by atoms with E-state index in [4.69, 9.17) is 10.5 Å². The van der Waals surface area contributed by atoms with Gasteiger partial charge < -0.3 is 10.5 Å². The second-order valence-electron chi connectivity index (χ2n) is 2.74. The lowest BCUT2D eigenvalue weighted by Gasteiger charge is -2.07. The van der Waals surface area contributed by atoms with Gasteiger partial charge in [0.05, 0.1) is 12.0 Å². The van der Waals surface area contributed by atoms with Crippen LogP contribution in [0.4, 0.5) is 0 Å². The number of carbonyl (C=O) groups excluding carboxylic acids is 1. The summed E-state index contributed by atoms with van der Waals surface area (Å²) in [6.07, 6.45) is 4.90. The van der Waals surface area contributed by atoms with E-state index in [0.717, 1.165) is 12.8 Å². The molecule has 11 heavy (non-hydrogen) atoms. The highest BCUT2D eigenvalue weighted by molar-refractivity contribution is 5.82. The van der Waals surface area contributed by atoms with E-state index in [1.807, 2.05) is 0 Å². The van der Waals surface area contributed by atoms with Crippen LogP contribution in [0.3, 0.4) is 0 Å². The zero-order chi connectivity index (χ0) is 8.32. The maximum atomic E-state index is 11.2. The molecule has 1 saturated carbocycles. The largest absolute Gasteiger partial charge is 0.465 e. The summed E-state index contributed by atoms with van der Waals surface area (Å²) in [5.41, 5.74) is 4.84. The van der Waals surface area contributed by atoms with Crippen LogP contribution in [0, 0.1) is 5.41 Å². The average Bonchev–Trinajstić information content (AvgIpc) is 2.71. The van der Waals surface area contributed by atoms with Crippen molar-refractivity contribution in [1.29, 1.82) is 0 Å². The fourth-order valence-electron chi connectivity index (χ4n) is 1.03.